The fourth-order valence-corrected chi connectivity index (χ4v) is 1.33. The highest BCUT2D eigenvalue weighted by molar-refractivity contribution is 5.90. The van der Waals surface area contributed by atoms with Crippen LogP contribution in [-0.2, 0) is 20.7 Å². The molecule has 1 fully saturated rings. The van der Waals surface area contributed by atoms with E-state index in [-0.39, 0.29) is 13.1 Å². The first-order chi connectivity index (χ1) is 7.24. The summed E-state index contributed by atoms with van der Waals surface area (Å²) < 4.78 is 8.94. The van der Waals surface area contributed by atoms with E-state index in [0.29, 0.717) is 18.8 Å². The lowest BCUT2D eigenvalue weighted by Gasteiger charge is -2.23. The predicted octanol–water partition coefficient (Wildman–Crippen LogP) is -1.00. The van der Waals surface area contributed by atoms with Gasteiger partial charge in [0.15, 0.2) is 5.82 Å². The van der Waals surface area contributed by atoms with Crippen molar-refractivity contribution in [1.82, 2.24) is 15.0 Å². The number of esters is 2. The minimum Gasteiger partial charge on any atom is -0.391 e. The summed E-state index contributed by atoms with van der Waals surface area (Å²) in [6.45, 7) is 0.785. The van der Waals surface area contributed by atoms with Crippen LogP contribution in [0.15, 0.2) is 10.9 Å². The Morgan fingerprint density at radius 1 is 1.33 bits per heavy atom. The highest BCUT2D eigenvalue weighted by Crippen LogP contribution is 2.01. The molecule has 0 atom stereocenters. The average Bonchev–Trinajstić information content (AvgIpc) is 2.65. The molecule has 0 amide bonds. The maximum absolute atomic E-state index is 10.9. The summed E-state index contributed by atoms with van der Waals surface area (Å²) in [4.78, 5) is 27.3. The molecule has 80 valence electrons. The van der Waals surface area contributed by atoms with E-state index in [9.17, 15) is 9.59 Å². The molecule has 0 saturated carbocycles. The number of nitrogens with zero attached hydrogens (tertiary/aromatic N) is 3. The molecule has 2 heterocycles. The Morgan fingerprint density at radius 2 is 2.07 bits per heavy atom. The number of carbonyl (C=O) groups excluding carboxylic acids is 2. The van der Waals surface area contributed by atoms with Crippen LogP contribution < -0.4 is 0 Å². The van der Waals surface area contributed by atoms with E-state index in [4.69, 9.17) is 0 Å². The molecule has 0 aliphatic carbocycles. The van der Waals surface area contributed by atoms with Crippen molar-refractivity contribution in [2.75, 3.05) is 19.6 Å². The van der Waals surface area contributed by atoms with Crippen LogP contribution in [0, 0.1) is 0 Å². The summed E-state index contributed by atoms with van der Waals surface area (Å²) >= 11 is 0. The molecule has 1 saturated heterocycles. The van der Waals surface area contributed by atoms with Gasteiger partial charge >= 0.3 is 11.9 Å². The quantitative estimate of drug-likeness (QED) is 0.468. The first kappa shape index (κ1) is 9.78. The van der Waals surface area contributed by atoms with Crippen LogP contribution >= 0.6 is 0 Å². The minimum atomic E-state index is -0.514. The smallest absolute Gasteiger partial charge is 0.327 e. The molecule has 0 radical (unpaired) electrons. The minimum absolute atomic E-state index is 0.129. The maximum Gasteiger partial charge on any atom is 0.327 e. The Bertz CT molecular complexity index is 346. The topological polar surface area (TPSA) is 85.5 Å². The summed E-state index contributed by atoms with van der Waals surface area (Å²) in [5.41, 5.74) is 0. The number of hydrogen-bond acceptors (Lipinski definition) is 7. The molecular weight excluding hydrogens is 202 g/mol. The molecule has 7 nitrogen and oxygen atoms in total. The fourth-order valence-electron chi connectivity index (χ4n) is 1.33. The van der Waals surface area contributed by atoms with E-state index >= 15 is 0 Å². The normalized spacial score (nSPS) is 17.9. The van der Waals surface area contributed by atoms with E-state index in [0.717, 1.165) is 0 Å². The monoisotopic (exact) mass is 211 g/mol. The van der Waals surface area contributed by atoms with Crippen LogP contribution in [-0.4, -0.2) is 46.6 Å². The molecule has 0 bridgehead atoms. The van der Waals surface area contributed by atoms with E-state index in [1.807, 2.05) is 0 Å². The van der Waals surface area contributed by atoms with Crippen molar-refractivity contribution in [2.24, 2.45) is 0 Å². The summed E-state index contributed by atoms with van der Waals surface area (Å²) in [6.07, 6.45) is 1.78. The highest BCUT2D eigenvalue weighted by Gasteiger charge is 2.24. The molecule has 15 heavy (non-hydrogen) atoms. The third kappa shape index (κ3) is 2.59. The third-order valence-corrected chi connectivity index (χ3v) is 1.99. The van der Waals surface area contributed by atoms with Gasteiger partial charge in [0, 0.05) is 13.0 Å². The lowest BCUT2D eigenvalue weighted by molar-refractivity contribution is -0.166. The van der Waals surface area contributed by atoms with Gasteiger partial charge in [-0.05, 0) is 0 Å². The van der Waals surface area contributed by atoms with Gasteiger partial charge in [-0.1, -0.05) is 5.16 Å². The Morgan fingerprint density at radius 3 is 2.67 bits per heavy atom. The van der Waals surface area contributed by atoms with Crippen LogP contribution in [0.5, 0.6) is 0 Å². The van der Waals surface area contributed by atoms with Gasteiger partial charge in [0.1, 0.15) is 0 Å². The van der Waals surface area contributed by atoms with E-state index in [1.54, 1.807) is 4.90 Å². The van der Waals surface area contributed by atoms with Gasteiger partial charge in [-0.2, -0.15) is 4.98 Å². The summed E-state index contributed by atoms with van der Waals surface area (Å²) in [5, 5.41) is 3.62. The number of rotatable bonds is 3. The van der Waals surface area contributed by atoms with Gasteiger partial charge in [0.05, 0.1) is 13.1 Å². The van der Waals surface area contributed by atoms with E-state index < -0.39 is 11.9 Å². The van der Waals surface area contributed by atoms with Crippen LogP contribution in [0.3, 0.4) is 0 Å². The number of aromatic nitrogens is 2. The lowest BCUT2D eigenvalue weighted by atomic mass is 10.3. The lowest BCUT2D eigenvalue weighted by Crippen LogP contribution is -2.43. The zero-order valence-corrected chi connectivity index (χ0v) is 7.88. The van der Waals surface area contributed by atoms with Crippen molar-refractivity contribution in [1.29, 1.82) is 0 Å². The zero-order chi connectivity index (χ0) is 10.7. The van der Waals surface area contributed by atoms with Gasteiger partial charge in [-0.3, -0.25) is 14.5 Å². The Labute approximate surface area is 85.0 Å². The van der Waals surface area contributed by atoms with Gasteiger partial charge in [-0.25, -0.2) is 0 Å². The van der Waals surface area contributed by atoms with Crippen LogP contribution in [0.2, 0.25) is 0 Å². The standard InChI is InChI=1S/C8H9N3O4/c12-7-3-11(4-8(13)15-7)2-1-6-9-5-14-10-6/h5H,1-4H2. The molecule has 1 aliphatic rings. The molecule has 7 heteroatoms. The van der Waals surface area contributed by atoms with Gasteiger partial charge in [0.25, 0.3) is 0 Å². The first-order valence-electron chi connectivity index (χ1n) is 4.45. The van der Waals surface area contributed by atoms with Crippen molar-refractivity contribution >= 4 is 11.9 Å². The van der Waals surface area contributed by atoms with Crippen LogP contribution in [0.4, 0.5) is 0 Å². The SMILES string of the molecule is O=C1CN(CCc2ncon2)CC(=O)O1. The van der Waals surface area contributed by atoms with Crippen molar-refractivity contribution < 1.29 is 18.8 Å². The second-order valence-corrected chi connectivity index (χ2v) is 3.15. The van der Waals surface area contributed by atoms with Gasteiger partial charge in [0.2, 0.25) is 6.39 Å². The van der Waals surface area contributed by atoms with Crippen LogP contribution in [0.1, 0.15) is 5.82 Å². The Kier molecular flexibility index (Phi) is 2.72. The number of morpholine rings is 1. The molecule has 0 spiro atoms. The summed E-state index contributed by atoms with van der Waals surface area (Å²) in [5.74, 6) is -0.472. The second-order valence-electron chi connectivity index (χ2n) is 3.15. The summed E-state index contributed by atoms with van der Waals surface area (Å²) in [6, 6.07) is 0. The fraction of sp³-hybridized carbons (Fsp3) is 0.500. The number of hydrogen-bond donors (Lipinski definition) is 0. The average molecular weight is 211 g/mol. The second kappa shape index (κ2) is 4.18. The van der Waals surface area contributed by atoms with Crippen LogP contribution in [0.25, 0.3) is 0 Å². The van der Waals surface area contributed by atoms with Gasteiger partial charge in [-0.15, -0.1) is 0 Å². The van der Waals surface area contributed by atoms with E-state index in [1.165, 1.54) is 6.39 Å². The van der Waals surface area contributed by atoms with Crippen molar-refractivity contribution in [3.63, 3.8) is 0 Å². The molecule has 0 N–H and O–H groups in total. The largest absolute Gasteiger partial charge is 0.391 e. The molecule has 1 aliphatic heterocycles. The number of ether oxygens (including phenoxy) is 1. The Hall–Kier alpha value is -1.76. The molecule has 2 rings (SSSR count). The highest BCUT2D eigenvalue weighted by atomic mass is 16.6. The number of carbonyl (C=O) groups is 2. The van der Waals surface area contributed by atoms with Crippen molar-refractivity contribution in [3.8, 4) is 0 Å². The van der Waals surface area contributed by atoms with Gasteiger partial charge < -0.3 is 9.26 Å². The first-order valence-corrected chi connectivity index (χ1v) is 4.45. The molecule has 0 unspecified atom stereocenters. The van der Waals surface area contributed by atoms with Crippen molar-refractivity contribution in [3.05, 3.63) is 12.2 Å². The molecule has 1 aromatic heterocycles. The zero-order valence-electron chi connectivity index (χ0n) is 7.88. The number of cyclic esters (lactones) is 2. The third-order valence-electron chi connectivity index (χ3n) is 1.99. The predicted molar refractivity (Wildman–Crippen MR) is 45.5 cm³/mol. The van der Waals surface area contributed by atoms with Crippen molar-refractivity contribution in [2.45, 2.75) is 6.42 Å². The molecular formula is C8H9N3O4. The maximum atomic E-state index is 10.9. The summed E-state index contributed by atoms with van der Waals surface area (Å²) in [7, 11) is 0. The molecule has 0 aromatic carbocycles. The Balaban J connectivity index is 1.84. The van der Waals surface area contributed by atoms with E-state index in [2.05, 4.69) is 19.4 Å². The molecule has 1 aromatic rings.